The minimum absolute atomic E-state index is 0.389. The van der Waals surface area contributed by atoms with E-state index in [1.54, 1.807) is 7.11 Å². The van der Waals surface area contributed by atoms with Crippen LogP contribution in [0.1, 0.15) is 42.9 Å². The largest absolute Gasteiger partial charge is 0.380 e. The number of nitrogens with zero attached hydrogens (tertiary/aromatic N) is 1. The molecule has 1 saturated carbocycles. The summed E-state index contributed by atoms with van der Waals surface area (Å²) in [6, 6.07) is 3.99. The van der Waals surface area contributed by atoms with Gasteiger partial charge in [-0.3, -0.25) is 9.78 Å². The van der Waals surface area contributed by atoms with Crippen LogP contribution in [0.15, 0.2) is 18.3 Å². The Morgan fingerprint density at radius 1 is 1.44 bits per heavy atom. The molecule has 0 unspecified atom stereocenters. The van der Waals surface area contributed by atoms with Gasteiger partial charge in [-0.15, -0.1) is 0 Å². The topological polar surface area (TPSA) is 39.2 Å². The Bertz CT molecular complexity index is 366. The van der Waals surface area contributed by atoms with E-state index in [9.17, 15) is 4.79 Å². The molecule has 0 radical (unpaired) electrons. The summed E-state index contributed by atoms with van der Waals surface area (Å²) in [5, 5.41) is 0. The Morgan fingerprint density at radius 2 is 2.19 bits per heavy atom. The van der Waals surface area contributed by atoms with Gasteiger partial charge in [-0.2, -0.15) is 0 Å². The summed E-state index contributed by atoms with van der Waals surface area (Å²) in [7, 11) is 1.70. The highest BCUT2D eigenvalue weighted by atomic mass is 16.5. The fraction of sp³-hybridized carbons (Fsp3) is 0.538. The van der Waals surface area contributed by atoms with Crippen LogP contribution in [0.2, 0.25) is 0 Å². The van der Waals surface area contributed by atoms with Crippen LogP contribution in [-0.4, -0.2) is 17.9 Å². The van der Waals surface area contributed by atoms with E-state index < -0.39 is 0 Å². The van der Waals surface area contributed by atoms with E-state index in [2.05, 4.69) is 11.1 Å². The maximum absolute atomic E-state index is 11.2. The SMILES string of the molecule is COCc1cccnc1C1CCC(=O)CC1. The molecule has 1 fully saturated rings. The summed E-state index contributed by atoms with van der Waals surface area (Å²) in [5.74, 6) is 0.824. The zero-order valence-electron chi connectivity index (χ0n) is 9.61. The lowest BCUT2D eigenvalue weighted by molar-refractivity contribution is -0.120. The third-order valence-corrected chi connectivity index (χ3v) is 3.16. The van der Waals surface area contributed by atoms with E-state index in [1.165, 1.54) is 0 Å². The zero-order chi connectivity index (χ0) is 11.4. The highest BCUT2D eigenvalue weighted by Gasteiger charge is 2.22. The third-order valence-electron chi connectivity index (χ3n) is 3.16. The third kappa shape index (κ3) is 2.47. The number of hydrogen-bond donors (Lipinski definition) is 0. The van der Waals surface area contributed by atoms with E-state index in [0.717, 1.165) is 24.1 Å². The van der Waals surface area contributed by atoms with Crippen LogP contribution in [0.25, 0.3) is 0 Å². The first-order valence-corrected chi connectivity index (χ1v) is 5.75. The van der Waals surface area contributed by atoms with Crippen molar-refractivity contribution in [3.8, 4) is 0 Å². The van der Waals surface area contributed by atoms with E-state index in [1.807, 2.05) is 12.3 Å². The number of ether oxygens (including phenoxy) is 1. The first kappa shape index (κ1) is 11.3. The maximum Gasteiger partial charge on any atom is 0.132 e. The summed E-state index contributed by atoms with van der Waals surface area (Å²) in [4.78, 5) is 15.7. The average molecular weight is 219 g/mol. The normalized spacial score (nSPS) is 17.7. The van der Waals surface area contributed by atoms with Crippen molar-refractivity contribution >= 4 is 5.78 Å². The van der Waals surface area contributed by atoms with Crippen LogP contribution >= 0.6 is 0 Å². The molecule has 0 spiro atoms. The molecule has 3 nitrogen and oxygen atoms in total. The van der Waals surface area contributed by atoms with Gasteiger partial charge in [0.25, 0.3) is 0 Å². The van der Waals surface area contributed by atoms with Crippen LogP contribution in [0.5, 0.6) is 0 Å². The van der Waals surface area contributed by atoms with Crippen molar-refractivity contribution in [1.82, 2.24) is 4.98 Å². The molecule has 86 valence electrons. The van der Waals surface area contributed by atoms with E-state index in [-0.39, 0.29) is 0 Å². The number of aromatic nitrogens is 1. The van der Waals surface area contributed by atoms with Crippen molar-refractivity contribution in [2.24, 2.45) is 0 Å². The molecule has 0 amide bonds. The van der Waals surface area contributed by atoms with Gasteiger partial charge < -0.3 is 4.74 Å². The molecular weight excluding hydrogens is 202 g/mol. The maximum atomic E-state index is 11.2. The van der Waals surface area contributed by atoms with Gasteiger partial charge in [0.1, 0.15) is 5.78 Å². The van der Waals surface area contributed by atoms with Crippen molar-refractivity contribution in [1.29, 1.82) is 0 Å². The van der Waals surface area contributed by atoms with Crippen molar-refractivity contribution < 1.29 is 9.53 Å². The van der Waals surface area contributed by atoms with Gasteiger partial charge in [-0.25, -0.2) is 0 Å². The first-order chi connectivity index (χ1) is 7.81. The lowest BCUT2D eigenvalue weighted by Gasteiger charge is -2.22. The number of carbonyl (C=O) groups is 1. The molecule has 0 aromatic carbocycles. The van der Waals surface area contributed by atoms with Crippen LogP contribution in [0.4, 0.5) is 0 Å². The quantitative estimate of drug-likeness (QED) is 0.783. The summed E-state index contributed by atoms with van der Waals surface area (Å²) in [6.07, 6.45) is 5.10. The highest BCUT2D eigenvalue weighted by Crippen LogP contribution is 2.31. The smallest absolute Gasteiger partial charge is 0.132 e. The molecule has 1 aromatic rings. The molecule has 0 saturated heterocycles. The fourth-order valence-corrected chi connectivity index (χ4v) is 2.31. The second-order valence-electron chi connectivity index (χ2n) is 4.29. The van der Waals surface area contributed by atoms with Crippen molar-refractivity contribution in [2.75, 3.05) is 7.11 Å². The molecule has 0 atom stereocenters. The van der Waals surface area contributed by atoms with E-state index in [0.29, 0.717) is 31.1 Å². The number of Topliss-reactive ketones (excluding diaryl/α,β-unsaturated/α-hetero) is 1. The second-order valence-corrected chi connectivity index (χ2v) is 4.29. The van der Waals surface area contributed by atoms with Crippen LogP contribution in [-0.2, 0) is 16.1 Å². The zero-order valence-corrected chi connectivity index (χ0v) is 9.61. The van der Waals surface area contributed by atoms with Crippen molar-refractivity contribution in [2.45, 2.75) is 38.2 Å². The Hall–Kier alpha value is -1.22. The average Bonchev–Trinajstić information content (AvgIpc) is 2.32. The van der Waals surface area contributed by atoms with Gasteiger partial charge in [0.15, 0.2) is 0 Å². The highest BCUT2D eigenvalue weighted by molar-refractivity contribution is 5.79. The number of carbonyl (C=O) groups excluding carboxylic acids is 1. The molecule has 1 heterocycles. The first-order valence-electron chi connectivity index (χ1n) is 5.75. The Kier molecular flexibility index (Phi) is 3.67. The minimum Gasteiger partial charge on any atom is -0.380 e. The Morgan fingerprint density at radius 3 is 2.88 bits per heavy atom. The molecule has 1 aromatic heterocycles. The number of rotatable bonds is 3. The van der Waals surface area contributed by atoms with Gasteiger partial charge in [0, 0.05) is 37.8 Å². The molecule has 0 N–H and O–H groups in total. The fourth-order valence-electron chi connectivity index (χ4n) is 2.31. The Labute approximate surface area is 95.8 Å². The van der Waals surface area contributed by atoms with Crippen LogP contribution in [0, 0.1) is 0 Å². The summed E-state index contributed by atoms with van der Waals surface area (Å²) >= 11 is 0. The van der Waals surface area contributed by atoms with Crippen LogP contribution < -0.4 is 0 Å². The lowest BCUT2D eigenvalue weighted by Crippen LogP contribution is -2.15. The monoisotopic (exact) mass is 219 g/mol. The molecule has 2 rings (SSSR count). The molecule has 0 bridgehead atoms. The van der Waals surface area contributed by atoms with Gasteiger partial charge in [0.2, 0.25) is 0 Å². The number of hydrogen-bond acceptors (Lipinski definition) is 3. The molecular formula is C13H17NO2. The van der Waals surface area contributed by atoms with Crippen LogP contribution in [0.3, 0.4) is 0 Å². The summed E-state index contributed by atoms with van der Waals surface area (Å²) in [6.45, 7) is 0.605. The van der Waals surface area contributed by atoms with E-state index >= 15 is 0 Å². The number of ketones is 1. The summed E-state index contributed by atoms with van der Waals surface area (Å²) in [5.41, 5.74) is 2.28. The number of methoxy groups -OCH3 is 1. The molecule has 1 aliphatic rings. The van der Waals surface area contributed by atoms with E-state index in [4.69, 9.17) is 4.74 Å². The molecule has 1 aliphatic carbocycles. The van der Waals surface area contributed by atoms with Gasteiger partial charge in [-0.05, 0) is 24.5 Å². The predicted octanol–water partition coefficient (Wildman–Crippen LogP) is 2.45. The minimum atomic E-state index is 0.389. The van der Waals surface area contributed by atoms with Crippen molar-refractivity contribution in [3.05, 3.63) is 29.6 Å². The standard InChI is InChI=1S/C13H17NO2/c1-16-9-11-3-2-8-14-13(11)10-4-6-12(15)7-5-10/h2-3,8,10H,4-7,9H2,1H3. The second kappa shape index (κ2) is 5.21. The molecule has 16 heavy (non-hydrogen) atoms. The molecule has 0 aliphatic heterocycles. The summed E-state index contributed by atoms with van der Waals surface area (Å²) < 4.78 is 5.17. The molecule has 3 heteroatoms. The number of pyridine rings is 1. The van der Waals surface area contributed by atoms with Crippen molar-refractivity contribution in [3.63, 3.8) is 0 Å². The van der Waals surface area contributed by atoms with Gasteiger partial charge in [-0.1, -0.05) is 6.07 Å². The Balaban J connectivity index is 2.16. The lowest BCUT2D eigenvalue weighted by atomic mass is 9.84. The van der Waals surface area contributed by atoms with Gasteiger partial charge in [0.05, 0.1) is 6.61 Å². The van der Waals surface area contributed by atoms with Gasteiger partial charge >= 0.3 is 0 Å². The predicted molar refractivity (Wildman–Crippen MR) is 61.2 cm³/mol.